The van der Waals surface area contributed by atoms with E-state index in [0.29, 0.717) is 6.04 Å². The summed E-state index contributed by atoms with van der Waals surface area (Å²) in [6.07, 6.45) is 1.77. The van der Waals surface area contributed by atoms with Crippen LogP contribution in [0.2, 0.25) is 0 Å². The molecule has 1 heterocycles. The molecule has 0 fully saturated rings. The van der Waals surface area contributed by atoms with Crippen molar-refractivity contribution in [3.63, 3.8) is 0 Å². The van der Waals surface area contributed by atoms with Crippen molar-refractivity contribution >= 4 is 5.69 Å². The highest BCUT2D eigenvalue weighted by atomic mass is 16.3. The summed E-state index contributed by atoms with van der Waals surface area (Å²) in [5.41, 5.74) is 3.72. The number of anilines is 1. The zero-order chi connectivity index (χ0) is 14.5. The van der Waals surface area contributed by atoms with Crippen LogP contribution in [0.4, 0.5) is 5.69 Å². The van der Waals surface area contributed by atoms with Crippen molar-refractivity contribution in [3.05, 3.63) is 53.5 Å². The summed E-state index contributed by atoms with van der Waals surface area (Å²) in [5.74, 6) is 1.03. The standard InChI is InChI=1S/C17H24N2O/c1-13(2)18-11-15-8-9-20-17(15)12-19(4)16-7-5-6-14(3)10-16/h5-10,13,18H,11-12H2,1-4H3. The molecule has 20 heavy (non-hydrogen) atoms. The van der Waals surface area contributed by atoms with Crippen molar-refractivity contribution in [1.82, 2.24) is 5.32 Å². The van der Waals surface area contributed by atoms with E-state index in [9.17, 15) is 0 Å². The van der Waals surface area contributed by atoms with Gasteiger partial charge < -0.3 is 14.6 Å². The Bertz CT molecular complexity index is 545. The second-order valence-electron chi connectivity index (χ2n) is 5.60. The lowest BCUT2D eigenvalue weighted by atomic mass is 10.2. The van der Waals surface area contributed by atoms with E-state index in [-0.39, 0.29) is 0 Å². The van der Waals surface area contributed by atoms with E-state index in [1.54, 1.807) is 6.26 Å². The fraction of sp³-hybridized carbons (Fsp3) is 0.412. The number of rotatable bonds is 6. The van der Waals surface area contributed by atoms with Crippen LogP contribution in [0.3, 0.4) is 0 Å². The first kappa shape index (κ1) is 14.7. The predicted octanol–water partition coefficient (Wildman–Crippen LogP) is 3.72. The van der Waals surface area contributed by atoms with E-state index in [4.69, 9.17) is 4.42 Å². The Morgan fingerprint density at radius 2 is 2.05 bits per heavy atom. The molecule has 0 aliphatic rings. The average molecular weight is 272 g/mol. The third kappa shape index (κ3) is 3.87. The van der Waals surface area contributed by atoms with E-state index < -0.39 is 0 Å². The van der Waals surface area contributed by atoms with Gasteiger partial charge in [0, 0.05) is 30.9 Å². The first-order valence-electron chi connectivity index (χ1n) is 7.12. The Morgan fingerprint density at radius 3 is 2.75 bits per heavy atom. The highest BCUT2D eigenvalue weighted by molar-refractivity contribution is 5.48. The molecule has 1 aromatic carbocycles. The summed E-state index contributed by atoms with van der Waals surface area (Å²) in [4.78, 5) is 2.21. The Morgan fingerprint density at radius 1 is 1.25 bits per heavy atom. The van der Waals surface area contributed by atoms with Gasteiger partial charge in [0.15, 0.2) is 0 Å². The lowest BCUT2D eigenvalue weighted by Gasteiger charge is -2.19. The molecule has 108 valence electrons. The Kier molecular flexibility index (Phi) is 4.85. The van der Waals surface area contributed by atoms with E-state index in [2.05, 4.69) is 68.4 Å². The molecule has 0 aliphatic heterocycles. The first-order valence-corrected chi connectivity index (χ1v) is 7.12. The maximum Gasteiger partial charge on any atom is 0.127 e. The topological polar surface area (TPSA) is 28.4 Å². The van der Waals surface area contributed by atoms with Gasteiger partial charge in [-0.3, -0.25) is 0 Å². The smallest absolute Gasteiger partial charge is 0.127 e. The van der Waals surface area contributed by atoms with E-state index >= 15 is 0 Å². The van der Waals surface area contributed by atoms with Crippen LogP contribution in [0.5, 0.6) is 0 Å². The molecule has 3 heteroatoms. The molecule has 1 N–H and O–H groups in total. The van der Waals surface area contributed by atoms with E-state index in [1.807, 2.05) is 0 Å². The van der Waals surface area contributed by atoms with Crippen LogP contribution in [-0.2, 0) is 13.1 Å². The molecule has 3 nitrogen and oxygen atoms in total. The van der Waals surface area contributed by atoms with Crippen molar-refractivity contribution < 1.29 is 4.42 Å². The normalized spacial score (nSPS) is 11.1. The van der Waals surface area contributed by atoms with Gasteiger partial charge in [-0.2, -0.15) is 0 Å². The zero-order valence-electron chi connectivity index (χ0n) is 12.8. The fourth-order valence-corrected chi connectivity index (χ4v) is 2.15. The minimum absolute atomic E-state index is 0.479. The van der Waals surface area contributed by atoms with Crippen molar-refractivity contribution in [3.8, 4) is 0 Å². The van der Waals surface area contributed by atoms with E-state index in [1.165, 1.54) is 16.8 Å². The number of nitrogens with one attached hydrogen (secondary N) is 1. The van der Waals surface area contributed by atoms with Gasteiger partial charge in [0.1, 0.15) is 5.76 Å². The van der Waals surface area contributed by atoms with Crippen LogP contribution in [0.1, 0.15) is 30.7 Å². The lowest BCUT2D eigenvalue weighted by Crippen LogP contribution is -2.23. The SMILES string of the molecule is Cc1cccc(N(C)Cc2occc2CNC(C)C)c1. The fourth-order valence-electron chi connectivity index (χ4n) is 2.15. The predicted molar refractivity (Wildman–Crippen MR) is 84.0 cm³/mol. The van der Waals surface area contributed by atoms with Crippen LogP contribution in [-0.4, -0.2) is 13.1 Å². The van der Waals surface area contributed by atoms with Crippen molar-refractivity contribution in [2.75, 3.05) is 11.9 Å². The van der Waals surface area contributed by atoms with Gasteiger partial charge in [0.05, 0.1) is 12.8 Å². The van der Waals surface area contributed by atoms with Crippen molar-refractivity contribution in [1.29, 1.82) is 0 Å². The van der Waals surface area contributed by atoms with Crippen LogP contribution in [0.15, 0.2) is 41.0 Å². The Balaban J connectivity index is 2.04. The van der Waals surface area contributed by atoms with Gasteiger partial charge >= 0.3 is 0 Å². The molecule has 0 atom stereocenters. The minimum Gasteiger partial charge on any atom is -0.467 e. The highest BCUT2D eigenvalue weighted by Crippen LogP contribution is 2.19. The largest absolute Gasteiger partial charge is 0.467 e. The second-order valence-corrected chi connectivity index (χ2v) is 5.60. The molecule has 0 saturated heterocycles. The summed E-state index contributed by atoms with van der Waals surface area (Å²) < 4.78 is 5.64. The molecule has 0 amide bonds. The maximum atomic E-state index is 5.64. The molecule has 2 rings (SSSR count). The Labute approximate surface area is 121 Å². The van der Waals surface area contributed by atoms with Crippen LogP contribution < -0.4 is 10.2 Å². The molecule has 0 aliphatic carbocycles. The van der Waals surface area contributed by atoms with Gasteiger partial charge in [-0.1, -0.05) is 26.0 Å². The van der Waals surface area contributed by atoms with Crippen LogP contribution in [0.25, 0.3) is 0 Å². The van der Waals surface area contributed by atoms with Crippen molar-refractivity contribution in [2.45, 2.75) is 39.9 Å². The van der Waals surface area contributed by atoms with Gasteiger partial charge in [-0.15, -0.1) is 0 Å². The molecule has 0 saturated carbocycles. The van der Waals surface area contributed by atoms with Gasteiger partial charge in [-0.25, -0.2) is 0 Å². The number of benzene rings is 1. The summed E-state index contributed by atoms with van der Waals surface area (Å²) in [6, 6.07) is 11.0. The maximum absolute atomic E-state index is 5.64. The molecule has 0 spiro atoms. The van der Waals surface area contributed by atoms with Gasteiger partial charge in [0.25, 0.3) is 0 Å². The molecule has 0 unspecified atom stereocenters. The third-order valence-electron chi connectivity index (χ3n) is 3.36. The summed E-state index contributed by atoms with van der Waals surface area (Å²) in [5, 5.41) is 3.43. The number of furan rings is 1. The molecule has 2 aromatic rings. The lowest BCUT2D eigenvalue weighted by molar-refractivity contribution is 0.495. The Hall–Kier alpha value is -1.74. The molecule has 1 aromatic heterocycles. The number of hydrogen-bond acceptors (Lipinski definition) is 3. The molecular formula is C17H24N2O. The van der Waals surface area contributed by atoms with Crippen LogP contribution >= 0.6 is 0 Å². The van der Waals surface area contributed by atoms with E-state index in [0.717, 1.165) is 18.8 Å². The zero-order valence-corrected chi connectivity index (χ0v) is 12.8. The quantitative estimate of drug-likeness (QED) is 0.868. The first-order chi connectivity index (χ1) is 9.56. The summed E-state index contributed by atoms with van der Waals surface area (Å²) in [7, 11) is 2.09. The van der Waals surface area contributed by atoms with Gasteiger partial charge in [0.2, 0.25) is 0 Å². The highest BCUT2D eigenvalue weighted by Gasteiger charge is 2.10. The number of hydrogen-bond donors (Lipinski definition) is 1. The average Bonchev–Trinajstić information content (AvgIpc) is 2.83. The third-order valence-corrected chi connectivity index (χ3v) is 3.36. The molecule has 0 bridgehead atoms. The minimum atomic E-state index is 0.479. The summed E-state index contributed by atoms with van der Waals surface area (Å²) >= 11 is 0. The van der Waals surface area contributed by atoms with Crippen molar-refractivity contribution in [2.24, 2.45) is 0 Å². The molecule has 0 radical (unpaired) electrons. The van der Waals surface area contributed by atoms with Crippen LogP contribution in [0, 0.1) is 6.92 Å². The monoisotopic (exact) mass is 272 g/mol. The number of nitrogens with zero attached hydrogens (tertiary/aromatic N) is 1. The second kappa shape index (κ2) is 6.62. The summed E-state index contributed by atoms with van der Waals surface area (Å²) in [6.45, 7) is 8.05. The number of aryl methyl sites for hydroxylation is 1. The molecular weight excluding hydrogens is 248 g/mol. The van der Waals surface area contributed by atoms with Gasteiger partial charge in [-0.05, 0) is 30.7 Å².